The summed E-state index contributed by atoms with van der Waals surface area (Å²) in [5.41, 5.74) is 3.44. The Balaban J connectivity index is 1.80. The highest BCUT2D eigenvalue weighted by molar-refractivity contribution is 5.99. The van der Waals surface area contributed by atoms with E-state index in [0.717, 1.165) is 39.6 Å². The minimum atomic E-state index is -0.799. The molecule has 0 saturated carbocycles. The van der Waals surface area contributed by atoms with E-state index in [1.165, 1.54) is 5.39 Å². The zero-order valence-corrected chi connectivity index (χ0v) is 15.9. The Kier molecular flexibility index (Phi) is 4.32. The highest BCUT2D eigenvalue weighted by Crippen LogP contribution is 2.31. The molecule has 5 heteroatoms. The topological polar surface area (TPSA) is 63.0 Å². The van der Waals surface area contributed by atoms with Crippen molar-refractivity contribution in [3.63, 3.8) is 0 Å². The standard InChI is InChI=1S/C22H24N4O/c1-4-24-18-7-5-16-11-23-12-20(19(16)10-18)15-6-8-21-17(9-15)13-26(25-21)14-22(2,3)27/h5-13,24,27H,4,14H2,1-3H3. The molecule has 5 nitrogen and oxygen atoms in total. The van der Waals surface area contributed by atoms with E-state index in [1.807, 2.05) is 24.7 Å². The molecular formula is C22H24N4O. The molecule has 4 aromatic rings. The number of aliphatic hydroxyl groups is 1. The van der Waals surface area contributed by atoms with Gasteiger partial charge in [-0.3, -0.25) is 9.67 Å². The van der Waals surface area contributed by atoms with Crippen LogP contribution in [0.25, 0.3) is 32.8 Å². The Labute approximate surface area is 158 Å². The van der Waals surface area contributed by atoms with E-state index in [4.69, 9.17) is 0 Å². The van der Waals surface area contributed by atoms with E-state index < -0.39 is 5.60 Å². The average molecular weight is 360 g/mol. The lowest BCUT2D eigenvalue weighted by molar-refractivity contribution is 0.0580. The van der Waals surface area contributed by atoms with E-state index in [1.54, 1.807) is 18.5 Å². The van der Waals surface area contributed by atoms with Crippen molar-refractivity contribution in [1.82, 2.24) is 14.8 Å². The molecule has 0 aliphatic heterocycles. The fourth-order valence-corrected chi connectivity index (χ4v) is 3.43. The molecule has 0 bridgehead atoms. The van der Waals surface area contributed by atoms with Crippen LogP contribution in [0.3, 0.4) is 0 Å². The second kappa shape index (κ2) is 6.67. The van der Waals surface area contributed by atoms with Gasteiger partial charge in [0.25, 0.3) is 0 Å². The van der Waals surface area contributed by atoms with Gasteiger partial charge in [0.1, 0.15) is 0 Å². The molecule has 27 heavy (non-hydrogen) atoms. The Morgan fingerprint density at radius 2 is 1.93 bits per heavy atom. The van der Waals surface area contributed by atoms with Crippen molar-refractivity contribution >= 4 is 27.4 Å². The summed E-state index contributed by atoms with van der Waals surface area (Å²) in [5, 5.41) is 21.3. The van der Waals surface area contributed by atoms with Gasteiger partial charge in [-0.15, -0.1) is 0 Å². The number of anilines is 1. The first-order chi connectivity index (χ1) is 12.9. The summed E-state index contributed by atoms with van der Waals surface area (Å²) in [7, 11) is 0. The number of hydrogen-bond donors (Lipinski definition) is 2. The van der Waals surface area contributed by atoms with E-state index in [9.17, 15) is 5.11 Å². The number of pyridine rings is 1. The van der Waals surface area contributed by atoms with Crippen molar-refractivity contribution in [1.29, 1.82) is 0 Å². The smallest absolute Gasteiger partial charge is 0.0923 e. The molecule has 0 aliphatic rings. The predicted molar refractivity (Wildman–Crippen MR) is 111 cm³/mol. The van der Waals surface area contributed by atoms with Gasteiger partial charge < -0.3 is 10.4 Å². The number of rotatable bonds is 5. The fourth-order valence-electron chi connectivity index (χ4n) is 3.43. The van der Waals surface area contributed by atoms with Gasteiger partial charge in [-0.25, -0.2) is 0 Å². The molecule has 0 amide bonds. The molecule has 0 aliphatic carbocycles. The largest absolute Gasteiger partial charge is 0.389 e. The summed E-state index contributed by atoms with van der Waals surface area (Å²) in [4.78, 5) is 4.42. The van der Waals surface area contributed by atoms with Crippen LogP contribution in [0.1, 0.15) is 20.8 Å². The van der Waals surface area contributed by atoms with Crippen molar-refractivity contribution in [3.05, 3.63) is 55.0 Å². The molecule has 0 saturated heterocycles. The van der Waals surface area contributed by atoms with Gasteiger partial charge >= 0.3 is 0 Å². The van der Waals surface area contributed by atoms with Crippen LogP contribution >= 0.6 is 0 Å². The quantitative estimate of drug-likeness (QED) is 0.552. The molecule has 2 aromatic carbocycles. The summed E-state index contributed by atoms with van der Waals surface area (Å²) in [6.45, 7) is 7.01. The first-order valence-corrected chi connectivity index (χ1v) is 9.24. The molecule has 0 atom stereocenters. The summed E-state index contributed by atoms with van der Waals surface area (Å²) in [5.74, 6) is 0. The van der Waals surface area contributed by atoms with Gasteiger partial charge in [0.15, 0.2) is 0 Å². The Hall–Kier alpha value is -2.92. The summed E-state index contributed by atoms with van der Waals surface area (Å²) in [6, 6.07) is 12.6. The van der Waals surface area contributed by atoms with Crippen molar-refractivity contribution in [2.45, 2.75) is 32.9 Å². The Morgan fingerprint density at radius 3 is 2.70 bits per heavy atom. The number of fused-ring (bicyclic) bond motifs is 2. The fraction of sp³-hybridized carbons (Fsp3) is 0.273. The zero-order valence-electron chi connectivity index (χ0n) is 15.9. The van der Waals surface area contributed by atoms with E-state index in [2.05, 4.69) is 52.7 Å². The molecule has 0 unspecified atom stereocenters. The van der Waals surface area contributed by atoms with Crippen LogP contribution in [0.5, 0.6) is 0 Å². The van der Waals surface area contributed by atoms with Gasteiger partial charge in [0.2, 0.25) is 0 Å². The van der Waals surface area contributed by atoms with Crippen molar-refractivity contribution in [2.75, 3.05) is 11.9 Å². The summed E-state index contributed by atoms with van der Waals surface area (Å²) in [6.07, 6.45) is 5.80. The van der Waals surface area contributed by atoms with Crippen molar-refractivity contribution in [2.24, 2.45) is 0 Å². The maximum atomic E-state index is 10.0. The van der Waals surface area contributed by atoms with E-state index in [0.29, 0.717) is 6.54 Å². The van der Waals surface area contributed by atoms with Crippen LogP contribution in [0.15, 0.2) is 55.0 Å². The predicted octanol–water partition coefficient (Wildman–Crippen LogP) is 4.45. The Bertz CT molecular complexity index is 1110. The lowest BCUT2D eigenvalue weighted by Gasteiger charge is -2.16. The normalized spacial score (nSPS) is 12.0. The number of hydrogen-bond acceptors (Lipinski definition) is 4. The number of nitrogens with zero attached hydrogens (tertiary/aromatic N) is 3. The van der Waals surface area contributed by atoms with Crippen LogP contribution in [0, 0.1) is 0 Å². The van der Waals surface area contributed by atoms with Gasteiger partial charge in [-0.2, -0.15) is 5.10 Å². The molecule has 0 spiro atoms. The SMILES string of the molecule is CCNc1ccc2cncc(-c3ccc4nn(CC(C)(C)O)cc4c3)c2c1. The molecule has 2 aromatic heterocycles. The molecular weight excluding hydrogens is 336 g/mol. The molecule has 0 fully saturated rings. The first kappa shape index (κ1) is 17.5. The van der Waals surface area contributed by atoms with Crippen LogP contribution in [0.4, 0.5) is 5.69 Å². The monoisotopic (exact) mass is 360 g/mol. The molecule has 0 radical (unpaired) electrons. The second-order valence-corrected chi connectivity index (χ2v) is 7.57. The highest BCUT2D eigenvalue weighted by Gasteiger charge is 2.15. The summed E-state index contributed by atoms with van der Waals surface area (Å²) >= 11 is 0. The van der Waals surface area contributed by atoms with Crippen LogP contribution in [0.2, 0.25) is 0 Å². The van der Waals surface area contributed by atoms with Gasteiger partial charge in [-0.1, -0.05) is 12.1 Å². The van der Waals surface area contributed by atoms with Gasteiger partial charge in [-0.05, 0) is 56.0 Å². The van der Waals surface area contributed by atoms with E-state index in [-0.39, 0.29) is 0 Å². The van der Waals surface area contributed by atoms with Crippen LogP contribution in [-0.2, 0) is 6.54 Å². The molecule has 2 N–H and O–H groups in total. The lowest BCUT2D eigenvalue weighted by Crippen LogP contribution is -2.26. The third-order valence-corrected chi connectivity index (χ3v) is 4.55. The van der Waals surface area contributed by atoms with Crippen molar-refractivity contribution in [3.8, 4) is 11.1 Å². The van der Waals surface area contributed by atoms with Crippen LogP contribution in [-0.4, -0.2) is 32.0 Å². The van der Waals surface area contributed by atoms with Gasteiger partial charge in [0, 0.05) is 47.2 Å². The number of aromatic nitrogens is 3. The Morgan fingerprint density at radius 1 is 1.07 bits per heavy atom. The minimum Gasteiger partial charge on any atom is -0.389 e. The third kappa shape index (κ3) is 3.64. The number of benzene rings is 2. The molecule has 4 rings (SSSR count). The van der Waals surface area contributed by atoms with Crippen molar-refractivity contribution < 1.29 is 5.11 Å². The van der Waals surface area contributed by atoms with Gasteiger partial charge in [0.05, 0.1) is 17.7 Å². The zero-order chi connectivity index (χ0) is 19.0. The average Bonchev–Trinajstić information content (AvgIpc) is 3.00. The molecule has 138 valence electrons. The third-order valence-electron chi connectivity index (χ3n) is 4.55. The maximum absolute atomic E-state index is 10.0. The van der Waals surface area contributed by atoms with E-state index >= 15 is 0 Å². The number of nitrogens with one attached hydrogen (secondary N) is 1. The highest BCUT2D eigenvalue weighted by atomic mass is 16.3. The maximum Gasteiger partial charge on any atom is 0.0923 e. The molecule has 2 heterocycles. The summed E-state index contributed by atoms with van der Waals surface area (Å²) < 4.78 is 1.80. The van der Waals surface area contributed by atoms with Crippen LogP contribution < -0.4 is 5.32 Å². The minimum absolute atomic E-state index is 0.457. The lowest BCUT2D eigenvalue weighted by atomic mass is 9.99. The first-order valence-electron chi connectivity index (χ1n) is 9.24. The second-order valence-electron chi connectivity index (χ2n) is 7.57.